The highest BCUT2D eigenvalue weighted by Crippen LogP contribution is 2.07. The number of aliphatic hydroxyl groups excluding tert-OH is 2. The number of nitrogens with two attached hydrogens (primary N) is 2. The van der Waals surface area contributed by atoms with Crippen LogP contribution >= 0.6 is 0 Å². The van der Waals surface area contributed by atoms with Crippen molar-refractivity contribution in [2.75, 3.05) is 19.8 Å². The van der Waals surface area contributed by atoms with Crippen LogP contribution in [-0.2, 0) is 33.6 Å². The third kappa shape index (κ3) is 15.2. The van der Waals surface area contributed by atoms with Crippen LogP contribution in [0.1, 0.15) is 53.4 Å². The van der Waals surface area contributed by atoms with Gasteiger partial charge in [-0.2, -0.15) is 0 Å². The summed E-state index contributed by atoms with van der Waals surface area (Å²) in [5.41, 5.74) is 10.9. The molecule has 17 nitrogen and oxygen atoms in total. The third-order valence-electron chi connectivity index (χ3n) is 5.76. The van der Waals surface area contributed by atoms with Crippen LogP contribution in [0.2, 0.25) is 0 Å². The fraction of sp³-hybridized carbons (Fsp3) is 0.720. The maximum absolute atomic E-state index is 13.1. The molecule has 0 aromatic heterocycles. The summed E-state index contributed by atoms with van der Waals surface area (Å²) in [6.45, 7) is 4.72. The number of hydrogen-bond acceptors (Lipinski definition) is 10. The van der Waals surface area contributed by atoms with E-state index in [2.05, 4.69) is 26.6 Å². The van der Waals surface area contributed by atoms with Gasteiger partial charge in [-0.1, -0.05) is 27.7 Å². The van der Waals surface area contributed by atoms with Gasteiger partial charge in [0.1, 0.15) is 30.7 Å². The Morgan fingerprint density at radius 2 is 1.07 bits per heavy atom. The number of primary amides is 1. The topological polar surface area (TPSA) is 292 Å². The van der Waals surface area contributed by atoms with E-state index >= 15 is 0 Å². The Kier molecular flexibility index (Phi) is 17.6. The van der Waals surface area contributed by atoms with Crippen molar-refractivity contribution in [2.45, 2.75) is 83.6 Å². The predicted octanol–water partition coefficient (Wildman–Crippen LogP) is -4.20. The average Bonchev–Trinajstić information content (AvgIpc) is 2.89. The SMILES string of the molecule is CC(C)C[C@H](NC(=O)[C@H](CO)NC(=O)[C@@H](N)CC(C)C)C(=O)N[C@@H](CO)C(=O)N[C@@H](CCC(N)=O)C(=O)NCC(=O)O. The summed E-state index contributed by atoms with van der Waals surface area (Å²) in [6, 6.07) is -6.65. The van der Waals surface area contributed by atoms with Crippen LogP contribution in [0.15, 0.2) is 0 Å². The molecular formula is C25H45N7O10. The number of carbonyl (C=O) groups is 7. The molecule has 17 heteroatoms. The second-order valence-corrected chi connectivity index (χ2v) is 10.6. The molecule has 6 amide bonds. The Labute approximate surface area is 243 Å². The van der Waals surface area contributed by atoms with Gasteiger partial charge >= 0.3 is 5.97 Å². The van der Waals surface area contributed by atoms with Crippen LogP contribution in [0.4, 0.5) is 0 Å². The average molecular weight is 604 g/mol. The fourth-order valence-corrected chi connectivity index (χ4v) is 3.64. The molecule has 0 aliphatic heterocycles. The Bertz CT molecular complexity index is 960. The molecule has 0 aromatic rings. The molecule has 0 bridgehead atoms. The van der Waals surface area contributed by atoms with E-state index in [4.69, 9.17) is 16.6 Å². The first kappa shape index (κ1) is 38.2. The zero-order valence-corrected chi connectivity index (χ0v) is 24.3. The molecule has 0 spiro atoms. The predicted molar refractivity (Wildman–Crippen MR) is 148 cm³/mol. The number of carboxylic acid groups (broad SMARTS) is 1. The van der Waals surface area contributed by atoms with E-state index in [1.807, 2.05) is 13.8 Å². The highest BCUT2D eigenvalue weighted by Gasteiger charge is 2.32. The lowest BCUT2D eigenvalue weighted by molar-refractivity contribution is -0.139. The first-order valence-electron chi connectivity index (χ1n) is 13.5. The highest BCUT2D eigenvalue weighted by atomic mass is 16.4. The number of aliphatic hydroxyl groups is 2. The van der Waals surface area contributed by atoms with Crippen molar-refractivity contribution in [3.05, 3.63) is 0 Å². The summed E-state index contributed by atoms with van der Waals surface area (Å²) < 4.78 is 0. The van der Waals surface area contributed by atoms with Gasteiger partial charge in [-0.25, -0.2) is 0 Å². The molecule has 0 aliphatic rings. The fourth-order valence-electron chi connectivity index (χ4n) is 3.64. The minimum absolute atomic E-state index is 0.0646. The van der Waals surface area contributed by atoms with E-state index in [0.29, 0.717) is 6.42 Å². The number of rotatable bonds is 20. The molecule has 0 heterocycles. The van der Waals surface area contributed by atoms with E-state index in [-0.39, 0.29) is 31.1 Å². The number of aliphatic carboxylic acids is 1. The summed E-state index contributed by atoms with van der Waals surface area (Å²) in [6.07, 6.45) is -0.233. The second-order valence-electron chi connectivity index (χ2n) is 10.6. The van der Waals surface area contributed by atoms with Gasteiger partial charge in [0.25, 0.3) is 0 Å². The lowest BCUT2D eigenvalue weighted by Gasteiger charge is -2.26. The quantitative estimate of drug-likeness (QED) is 0.0636. The third-order valence-corrected chi connectivity index (χ3v) is 5.76. The molecule has 0 saturated heterocycles. The van der Waals surface area contributed by atoms with Crippen LogP contribution in [0.25, 0.3) is 0 Å². The standard InChI is InChI=1S/C25H45N7O10/c1-12(2)7-14(26)21(38)31-17(10-33)25(42)30-16(8-13(3)4)23(40)32-18(11-34)24(41)29-15(5-6-19(27)35)22(39)28-9-20(36)37/h12-18,33-34H,5-11,26H2,1-4H3,(H2,27,35)(H,28,39)(H,29,41)(H,30,42)(H,31,38)(H,32,40)(H,36,37)/t14-,15-,16-,17-,18-/m0/s1. The highest BCUT2D eigenvalue weighted by molar-refractivity contribution is 5.96. The van der Waals surface area contributed by atoms with Gasteiger partial charge in [-0.05, 0) is 31.1 Å². The normalized spacial score (nSPS) is 14.6. The monoisotopic (exact) mass is 603 g/mol. The first-order chi connectivity index (χ1) is 19.5. The molecule has 0 fully saturated rings. The van der Waals surface area contributed by atoms with Gasteiger partial charge in [0.05, 0.1) is 19.3 Å². The van der Waals surface area contributed by atoms with Crippen molar-refractivity contribution in [2.24, 2.45) is 23.3 Å². The molecule has 0 rings (SSSR count). The summed E-state index contributed by atoms with van der Waals surface area (Å²) >= 11 is 0. The van der Waals surface area contributed by atoms with Crippen LogP contribution < -0.4 is 38.1 Å². The maximum Gasteiger partial charge on any atom is 0.322 e. The van der Waals surface area contributed by atoms with Crippen molar-refractivity contribution in [1.82, 2.24) is 26.6 Å². The van der Waals surface area contributed by atoms with Crippen LogP contribution in [0.3, 0.4) is 0 Å². The van der Waals surface area contributed by atoms with E-state index < -0.39 is 91.4 Å². The summed E-state index contributed by atoms with van der Waals surface area (Å²) in [7, 11) is 0. The van der Waals surface area contributed by atoms with Crippen molar-refractivity contribution in [1.29, 1.82) is 0 Å². The van der Waals surface area contributed by atoms with Gasteiger partial charge < -0.3 is 53.4 Å². The van der Waals surface area contributed by atoms with Crippen LogP contribution in [0, 0.1) is 11.8 Å². The molecular weight excluding hydrogens is 558 g/mol. The number of amides is 6. The molecule has 0 aliphatic carbocycles. The molecule has 42 heavy (non-hydrogen) atoms. The molecule has 5 atom stereocenters. The smallest absolute Gasteiger partial charge is 0.322 e. The minimum atomic E-state index is -1.62. The van der Waals surface area contributed by atoms with Crippen molar-refractivity contribution in [3.63, 3.8) is 0 Å². The van der Waals surface area contributed by atoms with Gasteiger partial charge in [0, 0.05) is 6.42 Å². The molecule has 0 aromatic carbocycles. The van der Waals surface area contributed by atoms with Crippen LogP contribution in [0.5, 0.6) is 0 Å². The minimum Gasteiger partial charge on any atom is -0.480 e. The lowest BCUT2D eigenvalue weighted by Crippen LogP contribution is -2.60. The van der Waals surface area contributed by atoms with E-state index in [9.17, 15) is 43.8 Å². The second kappa shape index (κ2) is 19.3. The molecule has 0 unspecified atom stereocenters. The Hall–Kier alpha value is -3.83. The van der Waals surface area contributed by atoms with Gasteiger partial charge in [0.2, 0.25) is 35.4 Å². The van der Waals surface area contributed by atoms with E-state index in [1.165, 1.54) is 0 Å². The Morgan fingerprint density at radius 1 is 0.643 bits per heavy atom. The lowest BCUT2D eigenvalue weighted by atomic mass is 10.0. The van der Waals surface area contributed by atoms with Gasteiger partial charge in [-0.15, -0.1) is 0 Å². The first-order valence-corrected chi connectivity index (χ1v) is 13.5. The number of carboxylic acids is 1. The number of hydrogen-bond donors (Lipinski definition) is 10. The van der Waals surface area contributed by atoms with Gasteiger partial charge in [-0.3, -0.25) is 33.6 Å². The Morgan fingerprint density at radius 3 is 1.50 bits per heavy atom. The maximum atomic E-state index is 13.1. The summed E-state index contributed by atoms with van der Waals surface area (Å²) in [5, 5.41) is 39.5. The van der Waals surface area contributed by atoms with Gasteiger partial charge in [0.15, 0.2) is 0 Å². The summed E-state index contributed by atoms with van der Waals surface area (Å²) in [4.78, 5) is 85.3. The summed E-state index contributed by atoms with van der Waals surface area (Å²) in [5.74, 6) is -6.64. The Balaban J connectivity index is 5.59. The van der Waals surface area contributed by atoms with E-state index in [1.54, 1.807) is 13.8 Å². The number of carbonyl (C=O) groups excluding carboxylic acids is 6. The van der Waals surface area contributed by atoms with Crippen molar-refractivity contribution in [3.8, 4) is 0 Å². The molecule has 12 N–H and O–H groups in total. The zero-order valence-electron chi connectivity index (χ0n) is 24.3. The van der Waals surface area contributed by atoms with E-state index in [0.717, 1.165) is 0 Å². The molecule has 0 saturated carbocycles. The molecule has 0 radical (unpaired) electrons. The molecule has 240 valence electrons. The number of nitrogens with one attached hydrogen (secondary N) is 5. The van der Waals surface area contributed by atoms with Crippen molar-refractivity contribution < 1.29 is 48.9 Å². The van der Waals surface area contributed by atoms with Crippen LogP contribution in [-0.4, -0.2) is 107 Å². The largest absolute Gasteiger partial charge is 0.480 e. The van der Waals surface area contributed by atoms with Crippen molar-refractivity contribution >= 4 is 41.4 Å². The zero-order chi connectivity index (χ0) is 32.6.